The van der Waals surface area contributed by atoms with Crippen molar-refractivity contribution < 1.29 is 17.9 Å². The molecule has 0 bridgehead atoms. The van der Waals surface area contributed by atoms with Crippen LogP contribution < -0.4 is 4.74 Å². The van der Waals surface area contributed by atoms with Crippen LogP contribution in [0.3, 0.4) is 0 Å². The van der Waals surface area contributed by atoms with Gasteiger partial charge in [0.15, 0.2) is 0 Å². The lowest BCUT2D eigenvalue weighted by molar-refractivity contribution is 0.0896. The summed E-state index contributed by atoms with van der Waals surface area (Å²) >= 11 is 0. The molecule has 3 radical (unpaired) electrons. The zero-order chi connectivity index (χ0) is 10.1. The fourth-order valence-electron chi connectivity index (χ4n) is 0.893. The fourth-order valence-corrected chi connectivity index (χ4v) is 0.893. The van der Waals surface area contributed by atoms with Gasteiger partial charge in [-0.2, -0.15) is 0 Å². The summed E-state index contributed by atoms with van der Waals surface area (Å²) in [5.41, 5.74) is -0.840. The average molecular weight is 186 g/mol. The summed E-state index contributed by atoms with van der Waals surface area (Å²) in [6.07, 6.45) is 0. The molecule has 0 atom stereocenters. The van der Waals surface area contributed by atoms with Crippen molar-refractivity contribution in [1.82, 2.24) is 0 Å². The van der Waals surface area contributed by atoms with Gasteiger partial charge < -0.3 is 12.6 Å². The van der Waals surface area contributed by atoms with Gasteiger partial charge in [-0.05, 0) is 6.07 Å². The topological polar surface area (TPSA) is 9.23 Å². The molecule has 0 spiro atoms. The molecule has 69 valence electrons. The number of ether oxygens (including phenoxy) is 1. The number of alkyl halides is 2. The van der Waals surface area contributed by atoms with Gasteiger partial charge in [0.1, 0.15) is 11.6 Å². The molecule has 5 heteroatoms. The van der Waals surface area contributed by atoms with Crippen LogP contribution >= 0.6 is 0 Å². The van der Waals surface area contributed by atoms with E-state index in [-0.39, 0.29) is 5.75 Å². The van der Waals surface area contributed by atoms with Crippen molar-refractivity contribution in [2.45, 2.75) is 5.82 Å². The monoisotopic (exact) mass is 186 g/mol. The minimum absolute atomic E-state index is 0.172. The lowest BCUT2D eigenvalue weighted by atomic mass is 9.90. The first-order chi connectivity index (χ1) is 5.95. The smallest absolute Gasteiger partial charge is 0.132 e. The van der Waals surface area contributed by atoms with E-state index in [1.807, 2.05) is 0 Å². The van der Waals surface area contributed by atoms with Crippen LogP contribution in [0.25, 0.3) is 0 Å². The van der Waals surface area contributed by atoms with E-state index in [1.165, 1.54) is 13.2 Å². The number of methoxy groups -OCH3 is 1. The molecule has 0 fully saturated rings. The van der Waals surface area contributed by atoms with Crippen molar-refractivity contribution in [3.05, 3.63) is 29.6 Å². The Balaban J connectivity index is 3.13. The van der Waals surface area contributed by atoms with Crippen LogP contribution in [0, 0.1) is 5.82 Å². The van der Waals surface area contributed by atoms with E-state index in [4.69, 9.17) is 0 Å². The van der Waals surface area contributed by atoms with Crippen LogP contribution in [0.5, 0.6) is 5.75 Å². The first-order valence-electron chi connectivity index (χ1n) is 3.46. The van der Waals surface area contributed by atoms with Gasteiger partial charge in [-0.25, -0.2) is 4.39 Å². The highest BCUT2D eigenvalue weighted by Crippen LogP contribution is 2.28. The highest BCUT2D eigenvalue weighted by molar-refractivity contribution is 6.13. The molecule has 1 rings (SSSR count). The number of benzene rings is 1. The Kier molecular flexibility index (Phi) is 2.54. The summed E-state index contributed by atoms with van der Waals surface area (Å²) in [7, 11) is 5.75. The summed E-state index contributed by atoms with van der Waals surface area (Å²) in [6.45, 7) is 0. The van der Waals surface area contributed by atoms with E-state index < -0.39 is 17.2 Å². The molecule has 0 aromatic heterocycles. The predicted molar refractivity (Wildman–Crippen MR) is 42.6 cm³/mol. The van der Waals surface area contributed by atoms with E-state index in [0.29, 0.717) is 0 Å². The van der Waals surface area contributed by atoms with Crippen molar-refractivity contribution in [2.75, 3.05) is 7.11 Å². The van der Waals surface area contributed by atoms with Gasteiger partial charge in [-0.3, -0.25) is 8.78 Å². The fraction of sp³-hybridized carbons (Fsp3) is 0.250. The van der Waals surface area contributed by atoms with Crippen molar-refractivity contribution in [1.29, 1.82) is 0 Å². The Morgan fingerprint density at radius 3 is 2.38 bits per heavy atom. The summed E-state index contributed by atoms with van der Waals surface area (Å²) in [5.74, 6) is -4.56. The van der Waals surface area contributed by atoms with E-state index in [1.54, 1.807) is 0 Å². The van der Waals surface area contributed by atoms with E-state index >= 15 is 0 Å². The zero-order valence-electron chi connectivity index (χ0n) is 6.85. The maximum atomic E-state index is 12.9. The van der Waals surface area contributed by atoms with Gasteiger partial charge in [-0.15, -0.1) is 0 Å². The summed E-state index contributed by atoms with van der Waals surface area (Å²) < 4.78 is 42.4. The Labute approximate surface area is 74.9 Å². The first kappa shape index (κ1) is 9.96. The lowest BCUT2D eigenvalue weighted by Gasteiger charge is -2.25. The molecule has 13 heavy (non-hydrogen) atoms. The van der Waals surface area contributed by atoms with Crippen LogP contribution in [0.1, 0.15) is 5.56 Å². The van der Waals surface area contributed by atoms with Crippen LogP contribution in [-0.2, 0) is 5.82 Å². The molecule has 0 amide bonds. The zero-order valence-corrected chi connectivity index (χ0v) is 6.85. The molecule has 0 saturated heterocycles. The molecule has 0 heterocycles. The molecule has 0 aliphatic heterocycles. The summed E-state index contributed by atoms with van der Waals surface area (Å²) in [6, 6.07) is 2.98. The summed E-state index contributed by atoms with van der Waals surface area (Å²) in [5, 5.41) is 0. The maximum Gasteiger partial charge on any atom is 0.132 e. The van der Waals surface area contributed by atoms with Crippen molar-refractivity contribution >= 4 is 7.85 Å². The third kappa shape index (κ3) is 2.17. The molecule has 1 aromatic carbocycles. The van der Waals surface area contributed by atoms with Gasteiger partial charge in [0.25, 0.3) is 0 Å². The lowest BCUT2D eigenvalue weighted by Crippen LogP contribution is -2.14. The Morgan fingerprint density at radius 1 is 1.38 bits per heavy atom. The normalized spacial score (nSPS) is 11.5. The third-order valence-corrected chi connectivity index (χ3v) is 1.54. The SMILES string of the molecule is [B-]C(F)(F)c1ccc(OC)cc1F. The molecule has 0 unspecified atom stereocenters. The highest BCUT2D eigenvalue weighted by Gasteiger charge is 2.15. The largest absolute Gasteiger partial charge is 0.517 e. The highest BCUT2D eigenvalue weighted by atomic mass is 19.3. The van der Waals surface area contributed by atoms with E-state index in [9.17, 15) is 13.2 Å². The number of rotatable bonds is 2. The first-order valence-corrected chi connectivity index (χ1v) is 3.46. The maximum absolute atomic E-state index is 12.9. The second kappa shape index (κ2) is 3.32. The quantitative estimate of drug-likeness (QED) is 0.642. The van der Waals surface area contributed by atoms with Gasteiger partial charge >= 0.3 is 0 Å². The van der Waals surface area contributed by atoms with Crippen LogP contribution in [0.2, 0.25) is 0 Å². The average Bonchev–Trinajstić information content (AvgIpc) is 2.01. The number of halogens is 3. The van der Waals surface area contributed by atoms with Crippen LogP contribution in [0.15, 0.2) is 18.2 Å². The molecule has 0 aliphatic rings. The second-order valence-corrected chi connectivity index (χ2v) is 2.47. The van der Waals surface area contributed by atoms with Gasteiger partial charge in [0.05, 0.1) is 7.11 Å². The van der Waals surface area contributed by atoms with Crippen molar-refractivity contribution in [3.63, 3.8) is 0 Å². The van der Waals surface area contributed by atoms with Gasteiger partial charge in [-0.1, -0.05) is 6.07 Å². The molecule has 1 aromatic rings. The molecule has 0 N–H and O–H groups in total. The Bertz CT molecular complexity index is 309. The third-order valence-electron chi connectivity index (χ3n) is 1.54. The second-order valence-electron chi connectivity index (χ2n) is 2.47. The van der Waals surface area contributed by atoms with Crippen molar-refractivity contribution in [3.8, 4) is 5.75 Å². The molecule has 0 saturated carbocycles. The molecule has 1 nitrogen and oxygen atoms in total. The summed E-state index contributed by atoms with van der Waals surface area (Å²) in [4.78, 5) is 0. The minimum atomic E-state index is -3.66. The predicted octanol–water partition coefficient (Wildman–Crippen LogP) is 2.05. The number of hydrogen-bond acceptors (Lipinski definition) is 1. The molecule has 0 aliphatic carbocycles. The van der Waals surface area contributed by atoms with Crippen LogP contribution in [-0.4, -0.2) is 15.0 Å². The standard InChI is InChI=1S/C8H6BF3O/c1-13-5-2-3-6(7(10)4-5)8(9,11)12/h2-4H,1H3/q-1. The number of hydrogen-bond donors (Lipinski definition) is 0. The minimum Gasteiger partial charge on any atom is -0.517 e. The molecular weight excluding hydrogens is 180 g/mol. The van der Waals surface area contributed by atoms with Gasteiger partial charge in [0.2, 0.25) is 0 Å². The van der Waals surface area contributed by atoms with Gasteiger partial charge in [0, 0.05) is 17.5 Å². The molecular formula is C8H6BF3O-. The van der Waals surface area contributed by atoms with E-state index in [2.05, 4.69) is 12.6 Å². The van der Waals surface area contributed by atoms with E-state index in [0.717, 1.165) is 12.1 Å². The Morgan fingerprint density at radius 2 is 2.00 bits per heavy atom. The van der Waals surface area contributed by atoms with Crippen molar-refractivity contribution in [2.24, 2.45) is 0 Å². The Hall–Kier alpha value is -1.13. The van der Waals surface area contributed by atoms with Crippen LogP contribution in [0.4, 0.5) is 13.2 Å².